The molecule has 3 aliphatic heterocycles. The topological polar surface area (TPSA) is 56.6 Å². The molecule has 3 fully saturated rings. The molecule has 0 radical (unpaired) electrons. The molecule has 7 heteroatoms. The van der Waals surface area contributed by atoms with Crippen molar-refractivity contribution in [1.29, 1.82) is 0 Å². The number of rotatable bonds is 6. The monoisotopic (exact) mass is 388 g/mol. The van der Waals surface area contributed by atoms with Crippen molar-refractivity contribution in [2.75, 3.05) is 52.9 Å². The number of amides is 1. The molecular weight excluding hydrogens is 352 g/mol. The molecule has 1 aromatic rings. The Kier molecular flexibility index (Phi) is 6.04. The van der Waals surface area contributed by atoms with Crippen LogP contribution in [0.1, 0.15) is 37.9 Å². The molecule has 3 saturated heterocycles. The van der Waals surface area contributed by atoms with E-state index in [2.05, 4.69) is 43.7 Å². The van der Waals surface area contributed by atoms with Gasteiger partial charge < -0.3 is 19.7 Å². The number of nitrogens with zero attached hydrogens (tertiary/aromatic N) is 5. The van der Waals surface area contributed by atoms with E-state index in [4.69, 9.17) is 0 Å². The van der Waals surface area contributed by atoms with Crippen molar-refractivity contribution in [3.8, 4) is 0 Å². The number of hydrogen-bond donors (Lipinski definition) is 1. The number of piperidine rings is 2. The van der Waals surface area contributed by atoms with E-state index in [0.29, 0.717) is 0 Å². The first kappa shape index (κ1) is 19.9. The fraction of sp³-hybridized carbons (Fsp3) is 0.810. The molecule has 0 bridgehead atoms. The van der Waals surface area contributed by atoms with Crippen LogP contribution in [-0.2, 0) is 18.4 Å². The van der Waals surface area contributed by atoms with Gasteiger partial charge in [-0.15, -0.1) is 0 Å². The van der Waals surface area contributed by atoms with Gasteiger partial charge in [0.1, 0.15) is 5.82 Å². The van der Waals surface area contributed by atoms with Crippen LogP contribution >= 0.6 is 0 Å². The standard InChI is InChI=1S/C21H36N6O/c1-24-13-7-21(20(28)23-9-15-26-10-3-4-11-26)6-5-12-27(18(21)16-24)17-19-22-8-14-25(19)2/h8,14,18H,3-7,9-13,15-17H2,1-2H3,(H,23,28)/t18-,21+/m0/s1. The largest absolute Gasteiger partial charge is 0.354 e. The maximum atomic E-state index is 13.5. The van der Waals surface area contributed by atoms with Crippen molar-refractivity contribution in [3.05, 3.63) is 18.2 Å². The van der Waals surface area contributed by atoms with Crippen LogP contribution in [0, 0.1) is 5.41 Å². The Morgan fingerprint density at radius 2 is 2.00 bits per heavy atom. The molecule has 156 valence electrons. The second-order valence-corrected chi connectivity index (χ2v) is 9.02. The molecule has 1 aromatic heterocycles. The van der Waals surface area contributed by atoms with Gasteiger partial charge in [0.05, 0.1) is 12.0 Å². The lowest BCUT2D eigenvalue weighted by atomic mass is 9.67. The highest BCUT2D eigenvalue weighted by atomic mass is 16.2. The van der Waals surface area contributed by atoms with Gasteiger partial charge in [-0.2, -0.15) is 0 Å². The first-order valence-corrected chi connectivity index (χ1v) is 11.0. The summed E-state index contributed by atoms with van der Waals surface area (Å²) in [6.07, 6.45) is 9.53. The molecular formula is C21H36N6O. The smallest absolute Gasteiger partial charge is 0.227 e. The Bertz CT molecular complexity index is 670. The average molecular weight is 389 g/mol. The molecule has 0 unspecified atom stereocenters. The summed E-state index contributed by atoms with van der Waals surface area (Å²) in [5, 5.41) is 3.33. The Balaban J connectivity index is 1.45. The number of nitrogens with one attached hydrogen (secondary N) is 1. The third-order valence-electron chi connectivity index (χ3n) is 7.20. The summed E-state index contributed by atoms with van der Waals surface area (Å²) in [7, 11) is 4.24. The third kappa shape index (κ3) is 3.98. The molecule has 4 rings (SSSR count). The van der Waals surface area contributed by atoms with Crippen LogP contribution in [0.15, 0.2) is 12.4 Å². The summed E-state index contributed by atoms with van der Waals surface area (Å²) >= 11 is 0. The van der Waals surface area contributed by atoms with E-state index in [-0.39, 0.29) is 17.4 Å². The number of hydrogen-bond acceptors (Lipinski definition) is 5. The SMILES string of the molecule is CN1CC[C@]2(C(=O)NCCN3CCCC3)CCCN(Cc3nccn3C)[C@H]2C1. The number of imidazole rings is 1. The van der Waals surface area contributed by atoms with Gasteiger partial charge in [-0.05, 0) is 65.3 Å². The minimum absolute atomic E-state index is 0.249. The quantitative estimate of drug-likeness (QED) is 0.785. The van der Waals surface area contributed by atoms with Crippen LogP contribution in [0.2, 0.25) is 0 Å². The zero-order valence-corrected chi connectivity index (χ0v) is 17.6. The van der Waals surface area contributed by atoms with Gasteiger partial charge in [0.25, 0.3) is 0 Å². The second kappa shape index (κ2) is 8.51. The van der Waals surface area contributed by atoms with Gasteiger partial charge in [0.2, 0.25) is 5.91 Å². The molecule has 0 spiro atoms. The van der Waals surface area contributed by atoms with Crippen LogP contribution in [0.25, 0.3) is 0 Å². The van der Waals surface area contributed by atoms with Crippen molar-refractivity contribution in [3.63, 3.8) is 0 Å². The lowest BCUT2D eigenvalue weighted by Crippen LogP contribution is -2.65. The Hall–Kier alpha value is -1.44. The van der Waals surface area contributed by atoms with Gasteiger partial charge in [0.15, 0.2) is 0 Å². The molecule has 0 aliphatic carbocycles. The number of carbonyl (C=O) groups excluding carboxylic acids is 1. The molecule has 4 heterocycles. The molecule has 0 aromatic carbocycles. The zero-order chi connectivity index (χ0) is 19.6. The van der Waals surface area contributed by atoms with E-state index < -0.39 is 0 Å². The lowest BCUT2D eigenvalue weighted by Gasteiger charge is -2.53. The molecule has 0 saturated carbocycles. The maximum Gasteiger partial charge on any atom is 0.227 e. The molecule has 2 atom stereocenters. The average Bonchev–Trinajstić information content (AvgIpc) is 3.34. The highest BCUT2D eigenvalue weighted by Gasteiger charge is 2.52. The highest BCUT2D eigenvalue weighted by Crippen LogP contribution is 2.43. The van der Waals surface area contributed by atoms with E-state index in [1.165, 1.54) is 25.9 Å². The number of likely N-dealkylation sites (tertiary alicyclic amines) is 3. The minimum Gasteiger partial charge on any atom is -0.354 e. The summed E-state index contributed by atoms with van der Waals surface area (Å²) in [5.74, 6) is 1.37. The molecule has 3 aliphatic rings. The summed E-state index contributed by atoms with van der Waals surface area (Å²) in [5.41, 5.74) is -0.249. The number of fused-ring (bicyclic) bond motifs is 1. The normalized spacial score (nSPS) is 29.7. The first-order chi connectivity index (χ1) is 13.6. The molecule has 7 nitrogen and oxygen atoms in total. The van der Waals surface area contributed by atoms with Crippen LogP contribution in [0.5, 0.6) is 0 Å². The summed E-state index contributed by atoms with van der Waals surface area (Å²) < 4.78 is 2.10. The number of likely N-dealkylation sites (N-methyl/N-ethyl adjacent to an activating group) is 1. The molecule has 1 N–H and O–H groups in total. The lowest BCUT2D eigenvalue weighted by molar-refractivity contribution is -0.145. The van der Waals surface area contributed by atoms with Crippen LogP contribution in [-0.4, -0.2) is 89.1 Å². The highest BCUT2D eigenvalue weighted by molar-refractivity contribution is 5.84. The van der Waals surface area contributed by atoms with Crippen LogP contribution in [0.4, 0.5) is 0 Å². The van der Waals surface area contributed by atoms with Crippen molar-refractivity contribution >= 4 is 5.91 Å². The first-order valence-electron chi connectivity index (χ1n) is 11.0. The van der Waals surface area contributed by atoms with Gasteiger partial charge >= 0.3 is 0 Å². The predicted molar refractivity (Wildman–Crippen MR) is 110 cm³/mol. The number of carbonyl (C=O) groups is 1. The second-order valence-electron chi connectivity index (χ2n) is 9.02. The van der Waals surface area contributed by atoms with Crippen LogP contribution in [0.3, 0.4) is 0 Å². The third-order valence-corrected chi connectivity index (χ3v) is 7.20. The molecule has 28 heavy (non-hydrogen) atoms. The van der Waals surface area contributed by atoms with Crippen molar-refractivity contribution < 1.29 is 4.79 Å². The Labute approximate surface area is 169 Å². The van der Waals surface area contributed by atoms with Gasteiger partial charge in [-0.1, -0.05) is 0 Å². The summed E-state index contributed by atoms with van der Waals surface area (Å²) in [6, 6.07) is 0.267. The molecule has 1 amide bonds. The minimum atomic E-state index is -0.249. The Morgan fingerprint density at radius 1 is 1.18 bits per heavy atom. The number of aryl methyl sites for hydroxylation is 1. The van der Waals surface area contributed by atoms with Crippen molar-refractivity contribution in [2.24, 2.45) is 12.5 Å². The van der Waals surface area contributed by atoms with Crippen molar-refractivity contribution in [2.45, 2.75) is 44.7 Å². The zero-order valence-electron chi connectivity index (χ0n) is 17.6. The van der Waals surface area contributed by atoms with Gasteiger partial charge in [-0.3, -0.25) is 9.69 Å². The van der Waals surface area contributed by atoms with Crippen molar-refractivity contribution in [1.82, 2.24) is 29.6 Å². The maximum absolute atomic E-state index is 13.5. The fourth-order valence-electron chi connectivity index (χ4n) is 5.44. The van der Waals surface area contributed by atoms with Gasteiger partial charge in [0, 0.05) is 45.1 Å². The van der Waals surface area contributed by atoms with E-state index in [0.717, 1.165) is 64.4 Å². The van der Waals surface area contributed by atoms with E-state index in [1.54, 1.807) is 0 Å². The Morgan fingerprint density at radius 3 is 2.75 bits per heavy atom. The van der Waals surface area contributed by atoms with E-state index >= 15 is 0 Å². The number of aromatic nitrogens is 2. The van der Waals surface area contributed by atoms with Crippen LogP contribution < -0.4 is 5.32 Å². The fourth-order valence-corrected chi connectivity index (χ4v) is 5.44. The predicted octanol–water partition coefficient (Wildman–Crippen LogP) is 0.918. The summed E-state index contributed by atoms with van der Waals surface area (Å²) in [6.45, 7) is 7.99. The van der Waals surface area contributed by atoms with Gasteiger partial charge in [-0.25, -0.2) is 4.98 Å². The van der Waals surface area contributed by atoms with E-state index in [1.807, 2.05) is 12.4 Å². The van der Waals surface area contributed by atoms with E-state index in [9.17, 15) is 4.79 Å². The summed E-state index contributed by atoms with van der Waals surface area (Å²) in [4.78, 5) is 25.4.